The quantitative estimate of drug-likeness (QED) is 0.703. The zero-order chi connectivity index (χ0) is 20.2. The van der Waals surface area contributed by atoms with Crippen molar-refractivity contribution in [2.75, 3.05) is 26.2 Å². The highest BCUT2D eigenvalue weighted by molar-refractivity contribution is 7.89. The Kier molecular flexibility index (Phi) is 7.46. The molecule has 2 rings (SSSR count). The molecule has 0 aromatic heterocycles. The third-order valence-electron chi connectivity index (χ3n) is 5.68. The van der Waals surface area contributed by atoms with Gasteiger partial charge < -0.3 is 4.90 Å². The molecular formula is C21H34N2O3S. The van der Waals surface area contributed by atoms with Crippen molar-refractivity contribution in [2.24, 2.45) is 5.92 Å². The monoisotopic (exact) mass is 394 g/mol. The van der Waals surface area contributed by atoms with Gasteiger partial charge in [-0.15, -0.1) is 0 Å². The molecule has 0 unspecified atom stereocenters. The van der Waals surface area contributed by atoms with E-state index in [9.17, 15) is 13.2 Å². The lowest BCUT2D eigenvalue weighted by atomic mass is 10.0. The molecule has 0 spiro atoms. The lowest BCUT2D eigenvalue weighted by molar-refractivity contribution is 0.0762. The minimum Gasteiger partial charge on any atom is -0.339 e. The van der Waals surface area contributed by atoms with Crippen molar-refractivity contribution in [1.82, 2.24) is 9.21 Å². The minimum absolute atomic E-state index is 0.0854. The van der Waals surface area contributed by atoms with E-state index < -0.39 is 10.0 Å². The summed E-state index contributed by atoms with van der Waals surface area (Å²) >= 11 is 0. The minimum atomic E-state index is -3.58. The van der Waals surface area contributed by atoms with Gasteiger partial charge in [0, 0.05) is 31.7 Å². The molecule has 1 aromatic rings. The average molecular weight is 395 g/mol. The van der Waals surface area contributed by atoms with Crippen molar-refractivity contribution < 1.29 is 13.2 Å². The van der Waals surface area contributed by atoms with E-state index in [4.69, 9.17) is 0 Å². The smallest absolute Gasteiger partial charge is 0.253 e. The van der Waals surface area contributed by atoms with E-state index in [1.165, 1.54) is 0 Å². The van der Waals surface area contributed by atoms with Crippen LogP contribution < -0.4 is 0 Å². The molecule has 0 atom stereocenters. The standard InChI is InChI=1S/C21H34N2O3S/c1-6-8-11-22(7-2)21(24)19-14-17(4)18(5)20(15-19)27(25,26)23-12-9-16(3)10-13-23/h14-16H,6-13H2,1-5H3. The van der Waals surface area contributed by atoms with Gasteiger partial charge in [0.05, 0.1) is 4.90 Å². The molecule has 1 aromatic carbocycles. The summed E-state index contributed by atoms with van der Waals surface area (Å²) in [5.41, 5.74) is 2.05. The Morgan fingerprint density at radius 1 is 1.19 bits per heavy atom. The van der Waals surface area contributed by atoms with Crippen LogP contribution in [-0.2, 0) is 10.0 Å². The Hall–Kier alpha value is -1.40. The van der Waals surface area contributed by atoms with Crippen LogP contribution >= 0.6 is 0 Å². The Balaban J connectivity index is 2.39. The van der Waals surface area contributed by atoms with Crippen LogP contribution in [0.4, 0.5) is 0 Å². The maximum absolute atomic E-state index is 13.3. The second-order valence-electron chi connectivity index (χ2n) is 7.74. The van der Waals surface area contributed by atoms with Crippen molar-refractivity contribution in [1.29, 1.82) is 0 Å². The van der Waals surface area contributed by atoms with Crippen LogP contribution in [0.2, 0.25) is 0 Å². The first-order chi connectivity index (χ1) is 12.7. The fourth-order valence-corrected chi connectivity index (χ4v) is 5.31. The van der Waals surface area contributed by atoms with Gasteiger partial charge in [-0.05, 0) is 69.2 Å². The van der Waals surface area contributed by atoms with Crippen LogP contribution in [0.25, 0.3) is 0 Å². The van der Waals surface area contributed by atoms with Crippen molar-refractivity contribution in [3.05, 3.63) is 28.8 Å². The summed E-state index contributed by atoms with van der Waals surface area (Å²) < 4.78 is 28.1. The molecule has 1 amide bonds. The summed E-state index contributed by atoms with van der Waals surface area (Å²) in [6.45, 7) is 12.4. The van der Waals surface area contributed by atoms with Gasteiger partial charge in [0.1, 0.15) is 0 Å². The van der Waals surface area contributed by atoms with Crippen molar-refractivity contribution in [2.45, 2.75) is 65.2 Å². The van der Waals surface area contributed by atoms with E-state index in [0.29, 0.717) is 37.7 Å². The molecule has 27 heavy (non-hydrogen) atoms. The molecule has 152 valence electrons. The van der Waals surface area contributed by atoms with Crippen LogP contribution in [0.1, 0.15) is 67.9 Å². The summed E-state index contributed by atoms with van der Waals surface area (Å²) in [6, 6.07) is 3.41. The Bertz CT molecular complexity index is 766. The summed E-state index contributed by atoms with van der Waals surface area (Å²) in [5, 5.41) is 0. The molecule has 1 fully saturated rings. The summed E-state index contributed by atoms with van der Waals surface area (Å²) in [7, 11) is -3.58. The van der Waals surface area contributed by atoms with E-state index in [1.54, 1.807) is 15.3 Å². The first-order valence-corrected chi connectivity index (χ1v) is 11.6. The van der Waals surface area contributed by atoms with E-state index in [2.05, 4.69) is 13.8 Å². The van der Waals surface area contributed by atoms with Crippen LogP contribution in [-0.4, -0.2) is 49.7 Å². The summed E-state index contributed by atoms with van der Waals surface area (Å²) in [6.07, 6.45) is 3.73. The van der Waals surface area contributed by atoms with E-state index in [1.807, 2.05) is 26.8 Å². The number of aryl methyl sites for hydroxylation is 1. The second kappa shape index (κ2) is 9.20. The number of carbonyl (C=O) groups excluding carboxylic acids is 1. The highest BCUT2D eigenvalue weighted by atomic mass is 32.2. The van der Waals surface area contributed by atoms with Gasteiger partial charge in [-0.1, -0.05) is 20.3 Å². The maximum Gasteiger partial charge on any atom is 0.253 e. The van der Waals surface area contributed by atoms with Crippen molar-refractivity contribution in [3.8, 4) is 0 Å². The second-order valence-corrected chi connectivity index (χ2v) is 9.65. The Morgan fingerprint density at radius 2 is 1.81 bits per heavy atom. The van der Waals surface area contributed by atoms with E-state index in [-0.39, 0.29) is 10.8 Å². The zero-order valence-electron chi connectivity index (χ0n) is 17.4. The molecule has 0 N–H and O–H groups in total. The van der Waals surface area contributed by atoms with Gasteiger partial charge >= 0.3 is 0 Å². The maximum atomic E-state index is 13.3. The van der Waals surface area contributed by atoms with Gasteiger partial charge in [-0.3, -0.25) is 4.79 Å². The zero-order valence-corrected chi connectivity index (χ0v) is 18.2. The molecule has 1 saturated heterocycles. The Labute approximate surface area is 164 Å². The largest absolute Gasteiger partial charge is 0.339 e. The lowest BCUT2D eigenvalue weighted by Gasteiger charge is -2.30. The highest BCUT2D eigenvalue weighted by Crippen LogP contribution is 2.28. The molecule has 1 heterocycles. The molecule has 0 saturated carbocycles. The number of hydrogen-bond acceptors (Lipinski definition) is 3. The predicted octanol–water partition coefficient (Wildman–Crippen LogP) is 3.99. The van der Waals surface area contributed by atoms with Crippen LogP contribution in [0.5, 0.6) is 0 Å². The van der Waals surface area contributed by atoms with Crippen LogP contribution in [0.3, 0.4) is 0 Å². The number of benzene rings is 1. The summed E-state index contributed by atoms with van der Waals surface area (Å²) in [5.74, 6) is 0.474. The molecule has 5 nitrogen and oxygen atoms in total. The molecular weight excluding hydrogens is 360 g/mol. The number of piperidine rings is 1. The van der Waals surface area contributed by atoms with Gasteiger partial charge in [0.25, 0.3) is 5.91 Å². The number of sulfonamides is 1. The lowest BCUT2D eigenvalue weighted by Crippen LogP contribution is -2.38. The first-order valence-electron chi connectivity index (χ1n) is 10.1. The molecule has 6 heteroatoms. The fourth-order valence-electron chi connectivity index (χ4n) is 3.52. The van der Waals surface area contributed by atoms with Crippen molar-refractivity contribution >= 4 is 15.9 Å². The topological polar surface area (TPSA) is 57.7 Å². The van der Waals surface area contributed by atoms with Gasteiger partial charge in [0.2, 0.25) is 10.0 Å². The van der Waals surface area contributed by atoms with Gasteiger partial charge in [-0.25, -0.2) is 8.42 Å². The summed E-state index contributed by atoms with van der Waals surface area (Å²) in [4.78, 5) is 15.0. The van der Waals surface area contributed by atoms with Gasteiger partial charge in [0.15, 0.2) is 0 Å². The van der Waals surface area contributed by atoms with E-state index >= 15 is 0 Å². The van der Waals surface area contributed by atoms with Crippen LogP contribution in [0, 0.1) is 19.8 Å². The first kappa shape index (κ1) is 21.9. The number of nitrogens with zero attached hydrogens (tertiary/aromatic N) is 2. The highest BCUT2D eigenvalue weighted by Gasteiger charge is 2.30. The number of carbonyl (C=O) groups is 1. The number of rotatable bonds is 7. The van der Waals surface area contributed by atoms with E-state index in [0.717, 1.165) is 36.8 Å². The molecule has 1 aliphatic heterocycles. The third kappa shape index (κ3) is 4.91. The number of hydrogen-bond donors (Lipinski definition) is 0. The normalized spacial score (nSPS) is 16.5. The molecule has 0 aliphatic carbocycles. The molecule has 0 bridgehead atoms. The number of amides is 1. The molecule has 0 radical (unpaired) electrons. The number of unbranched alkanes of at least 4 members (excludes halogenated alkanes) is 1. The van der Waals surface area contributed by atoms with Gasteiger partial charge in [-0.2, -0.15) is 4.31 Å². The van der Waals surface area contributed by atoms with Crippen molar-refractivity contribution in [3.63, 3.8) is 0 Å². The fraction of sp³-hybridized carbons (Fsp3) is 0.667. The predicted molar refractivity (Wildman–Crippen MR) is 110 cm³/mol. The molecule has 1 aliphatic rings. The van der Waals surface area contributed by atoms with Crippen LogP contribution in [0.15, 0.2) is 17.0 Å². The SMILES string of the molecule is CCCCN(CC)C(=O)c1cc(C)c(C)c(S(=O)(=O)N2CCC(C)CC2)c1. The average Bonchev–Trinajstić information content (AvgIpc) is 2.64. The Morgan fingerprint density at radius 3 is 2.37 bits per heavy atom. The third-order valence-corrected chi connectivity index (χ3v) is 7.70.